The molecule has 1 heterocycles. The summed E-state index contributed by atoms with van der Waals surface area (Å²) in [6.45, 7) is 3.63. The van der Waals surface area contributed by atoms with Crippen molar-refractivity contribution in [2.75, 3.05) is 6.61 Å². The number of nitrogens with zero attached hydrogens (tertiary/aromatic N) is 1. The largest absolute Gasteiger partial charge is 0.463 e. The maximum absolute atomic E-state index is 12.8. The lowest BCUT2D eigenvalue weighted by molar-refractivity contribution is -0.137. The highest BCUT2D eigenvalue weighted by Crippen LogP contribution is 2.05. The van der Waals surface area contributed by atoms with Crippen molar-refractivity contribution in [3.05, 3.63) is 35.4 Å². The number of aryl methyl sites for hydroxylation is 1. The smallest absolute Gasteiger partial charge is 0.330 e. The minimum atomic E-state index is -0.429. The molecule has 0 aliphatic carbocycles. The lowest BCUT2D eigenvalue weighted by atomic mass is 10.3. The van der Waals surface area contributed by atoms with Crippen LogP contribution in [0.2, 0.25) is 0 Å². The van der Waals surface area contributed by atoms with Gasteiger partial charge in [0.2, 0.25) is 0 Å². The number of pyridine rings is 1. The maximum atomic E-state index is 12.8. The van der Waals surface area contributed by atoms with Gasteiger partial charge in [-0.05, 0) is 32.1 Å². The first-order chi connectivity index (χ1) is 7.13. The molecule has 0 bridgehead atoms. The van der Waals surface area contributed by atoms with Gasteiger partial charge in [0, 0.05) is 6.08 Å². The van der Waals surface area contributed by atoms with Gasteiger partial charge in [-0.2, -0.15) is 0 Å². The van der Waals surface area contributed by atoms with Crippen LogP contribution in [0.3, 0.4) is 0 Å². The summed E-state index contributed by atoms with van der Waals surface area (Å²) in [5, 5.41) is 0. The SMILES string of the molecule is CCOC(=O)C=Cc1ccc(F)c(C)n1. The average molecular weight is 209 g/mol. The Labute approximate surface area is 87.6 Å². The van der Waals surface area contributed by atoms with Gasteiger partial charge < -0.3 is 4.74 Å². The van der Waals surface area contributed by atoms with E-state index in [2.05, 4.69) is 9.72 Å². The first-order valence-corrected chi connectivity index (χ1v) is 4.61. The van der Waals surface area contributed by atoms with Crippen molar-refractivity contribution < 1.29 is 13.9 Å². The van der Waals surface area contributed by atoms with E-state index >= 15 is 0 Å². The molecule has 0 aromatic carbocycles. The number of rotatable bonds is 3. The highest BCUT2D eigenvalue weighted by atomic mass is 19.1. The molecule has 0 N–H and O–H groups in total. The van der Waals surface area contributed by atoms with E-state index in [1.807, 2.05) is 0 Å². The summed E-state index contributed by atoms with van der Waals surface area (Å²) in [4.78, 5) is 14.9. The fraction of sp³-hybridized carbons (Fsp3) is 0.273. The lowest BCUT2D eigenvalue weighted by Gasteiger charge is -1.97. The molecule has 0 radical (unpaired) electrons. The van der Waals surface area contributed by atoms with Gasteiger partial charge in [0.25, 0.3) is 0 Å². The van der Waals surface area contributed by atoms with Gasteiger partial charge in [-0.3, -0.25) is 4.98 Å². The molecule has 0 unspecified atom stereocenters. The summed E-state index contributed by atoms with van der Waals surface area (Å²) < 4.78 is 17.5. The standard InChI is InChI=1S/C11H12FNO2/c1-3-15-11(14)7-5-9-4-6-10(12)8(2)13-9/h4-7H,3H2,1-2H3. The summed E-state index contributed by atoms with van der Waals surface area (Å²) in [6, 6.07) is 2.81. The monoisotopic (exact) mass is 209 g/mol. The van der Waals surface area contributed by atoms with Crippen LogP contribution in [0.4, 0.5) is 4.39 Å². The number of carbonyl (C=O) groups excluding carboxylic acids is 1. The van der Waals surface area contributed by atoms with E-state index < -0.39 is 5.97 Å². The van der Waals surface area contributed by atoms with Crippen molar-refractivity contribution in [1.29, 1.82) is 0 Å². The third-order valence-electron chi connectivity index (χ3n) is 1.72. The molecule has 80 valence electrons. The molecule has 0 spiro atoms. The number of hydrogen-bond donors (Lipinski definition) is 0. The predicted octanol–water partition coefficient (Wildman–Crippen LogP) is 2.11. The fourth-order valence-electron chi connectivity index (χ4n) is 1.00. The molecule has 3 nitrogen and oxygen atoms in total. The summed E-state index contributed by atoms with van der Waals surface area (Å²) >= 11 is 0. The van der Waals surface area contributed by atoms with Gasteiger partial charge in [-0.1, -0.05) is 0 Å². The van der Waals surface area contributed by atoms with E-state index in [4.69, 9.17) is 0 Å². The molecule has 0 fully saturated rings. The normalized spacial score (nSPS) is 10.6. The van der Waals surface area contributed by atoms with Gasteiger partial charge >= 0.3 is 5.97 Å². The summed E-state index contributed by atoms with van der Waals surface area (Å²) in [6.07, 6.45) is 2.76. The van der Waals surface area contributed by atoms with E-state index in [0.29, 0.717) is 18.0 Å². The molecule has 0 aliphatic heterocycles. The van der Waals surface area contributed by atoms with Gasteiger partial charge in [-0.15, -0.1) is 0 Å². The second kappa shape index (κ2) is 5.24. The number of hydrogen-bond acceptors (Lipinski definition) is 3. The second-order valence-corrected chi connectivity index (χ2v) is 2.89. The molecular formula is C11H12FNO2. The van der Waals surface area contributed by atoms with Gasteiger partial charge in [0.15, 0.2) is 0 Å². The van der Waals surface area contributed by atoms with Gasteiger partial charge in [0.1, 0.15) is 5.82 Å². The predicted molar refractivity (Wildman–Crippen MR) is 54.6 cm³/mol. The zero-order valence-corrected chi connectivity index (χ0v) is 8.66. The quantitative estimate of drug-likeness (QED) is 0.565. The second-order valence-electron chi connectivity index (χ2n) is 2.89. The Kier molecular flexibility index (Phi) is 3.97. The highest BCUT2D eigenvalue weighted by molar-refractivity contribution is 5.86. The van der Waals surface area contributed by atoms with E-state index in [-0.39, 0.29) is 5.82 Å². The van der Waals surface area contributed by atoms with Crippen molar-refractivity contribution in [3.63, 3.8) is 0 Å². The molecule has 0 amide bonds. The summed E-state index contributed by atoms with van der Waals surface area (Å²) in [5.74, 6) is -0.787. The number of aromatic nitrogens is 1. The Bertz CT molecular complexity index is 388. The third-order valence-corrected chi connectivity index (χ3v) is 1.72. The average Bonchev–Trinajstić information content (AvgIpc) is 2.20. The van der Waals surface area contributed by atoms with Crippen LogP contribution in [0.15, 0.2) is 18.2 Å². The van der Waals surface area contributed by atoms with Crippen LogP contribution in [0, 0.1) is 12.7 Å². The Morgan fingerprint density at radius 1 is 1.60 bits per heavy atom. The molecule has 1 rings (SSSR count). The van der Waals surface area contributed by atoms with Crippen LogP contribution < -0.4 is 0 Å². The van der Waals surface area contributed by atoms with Crippen LogP contribution in [0.25, 0.3) is 6.08 Å². The number of esters is 1. The Morgan fingerprint density at radius 2 is 2.33 bits per heavy atom. The zero-order chi connectivity index (χ0) is 11.3. The zero-order valence-electron chi connectivity index (χ0n) is 8.66. The maximum Gasteiger partial charge on any atom is 0.330 e. The lowest BCUT2D eigenvalue weighted by Crippen LogP contribution is -1.99. The molecule has 4 heteroatoms. The summed E-state index contributed by atoms with van der Waals surface area (Å²) in [5.41, 5.74) is 0.836. The van der Waals surface area contributed by atoms with Gasteiger partial charge in [0.05, 0.1) is 18.0 Å². The minimum absolute atomic E-state index is 0.306. The van der Waals surface area contributed by atoms with Crippen molar-refractivity contribution in [1.82, 2.24) is 4.98 Å². The van der Waals surface area contributed by atoms with Crippen LogP contribution >= 0.6 is 0 Å². The van der Waals surface area contributed by atoms with E-state index in [0.717, 1.165) is 0 Å². The number of ether oxygens (including phenoxy) is 1. The van der Waals surface area contributed by atoms with Gasteiger partial charge in [-0.25, -0.2) is 9.18 Å². The Balaban J connectivity index is 2.72. The number of carbonyl (C=O) groups is 1. The van der Waals surface area contributed by atoms with Crippen LogP contribution in [0.1, 0.15) is 18.3 Å². The molecular weight excluding hydrogens is 197 g/mol. The molecule has 1 aromatic heterocycles. The highest BCUT2D eigenvalue weighted by Gasteiger charge is 1.99. The van der Waals surface area contributed by atoms with E-state index in [1.165, 1.54) is 24.3 Å². The third kappa shape index (κ3) is 3.50. The Morgan fingerprint density at radius 3 is 2.93 bits per heavy atom. The minimum Gasteiger partial charge on any atom is -0.463 e. The van der Waals surface area contributed by atoms with Crippen molar-refractivity contribution >= 4 is 12.0 Å². The molecule has 1 aromatic rings. The molecule has 0 atom stereocenters. The Hall–Kier alpha value is -1.71. The van der Waals surface area contributed by atoms with Crippen molar-refractivity contribution in [2.45, 2.75) is 13.8 Å². The van der Waals surface area contributed by atoms with Crippen molar-refractivity contribution in [2.24, 2.45) is 0 Å². The fourth-order valence-corrected chi connectivity index (χ4v) is 1.00. The van der Waals surface area contributed by atoms with Crippen LogP contribution in [-0.4, -0.2) is 17.6 Å². The first kappa shape index (κ1) is 11.4. The van der Waals surface area contributed by atoms with E-state index in [9.17, 15) is 9.18 Å². The van der Waals surface area contributed by atoms with Crippen molar-refractivity contribution in [3.8, 4) is 0 Å². The molecule has 0 saturated heterocycles. The molecule has 0 aliphatic rings. The van der Waals surface area contributed by atoms with E-state index in [1.54, 1.807) is 13.8 Å². The first-order valence-electron chi connectivity index (χ1n) is 4.61. The van der Waals surface area contributed by atoms with Crippen LogP contribution in [0.5, 0.6) is 0 Å². The number of halogens is 1. The van der Waals surface area contributed by atoms with Crippen LogP contribution in [-0.2, 0) is 9.53 Å². The molecule has 15 heavy (non-hydrogen) atoms. The summed E-state index contributed by atoms with van der Waals surface area (Å²) in [7, 11) is 0. The molecule has 0 saturated carbocycles. The topological polar surface area (TPSA) is 39.2 Å².